The van der Waals surface area contributed by atoms with Crippen molar-refractivity contribution in [2.75, 3.05) is 12.3 Å². The van der Waals surface area contributed by atoms with E-state index < -0.39 is 0 Å². The van der Waals surface area contributed by atoms with E-state index >= 15 is 0 Å². The molecule has 0 fully saturated rings. The van der Waals surface area contributed by atoms with Gasteiger partial charge >= 0.3 is 0 Å². The molecule has 4 N–H and O–H groups in total. The van der Waals surface area contributed by atoms with E-state index in [2.05, 4.69) is 22.4 Å². The normalized spacial score (nSPS) is 10.6. The standard InChI is InChI=1S/C12H16N4O/c1-2-3-6-14-12(17)11-9-7-8(13)4-5-10(9)15-16-11/h4-5,7H,2-3,6,13H2,1H3,(H,14,17)(H,15,16). The summed E-state index contributed by atoms with van der Waals surface area (Å²) in [5.41, 5.74) is 7.55. The van der Waals surface area contributed by atoms with Crippen molar-refractivity contribution in [3.8, 4) is 0 Å². The highest BCUT2D eigenvalue weighted by Crippen LogP contribution is 2.18. The minimum absolute atomic E-state index is 0.157. The number of unbranched alkanes of at least 4 members (excludes halogenated alkanes) is 1. The number of carbonyl (C=O) groups is 1. The summed E-state index contributed by atoms with van der Waals surface area (Å²) in [5.74, 6) is -0.157. The maximum absolute atomic E-state index is 11.9. The number of nitrogens with one attached hydrogen (secondary N) is 2. The molecular formula is C12H16N4O. The van der Waals surface area contributed by atoms with Crippen molar-refractivity contribution >= 4 is 22.5 Å². The fraction of sp³-hybridized carbons (Fsp3) is 0.333. The van der Waals surface area contributed by atoms with Gasteiger partial charge in [-0.2, -0.15) is 5.10 Å². The number of amides is 1. The third kappa shape index (κ3) is 2.38. The first-order valence-corrected chi connectivity index (χ1v) is 5.74. The van der Waals surface area contributed by atoms with E-state index in [1.54, 1.807) is 12.1 Å². The van der Waals surface area contributed by atoms with Gasteiger partial charge in [0.2, 0.25) is 0 Å². The molecule has 17 heavy (non-hydrogen) atoms. The number of aromatic amines is 1. The number of rotatable bonds is 4. The van der Waals surface area contributed by atoms with Crippen molar-refractivity contribution in [3.63, 3.8) is 0 Å². The molecule has 0 aliphatic carbocycles. The Balaban J connectivity index is 2.23. The molecule has 0 aliphatic heterocycles. The van der Waals surface area contributed by atoms with E-state index in [0.717, 1.165) is 23.7 Å². The number of nitrogens with zero attached hydrogens (tertiary/aromatic N) is 1. The van der Waals surface area contributed by atoms with Crippen molar-refractivity contribution < 1.29 is 4.79 Å². The van der Waals surface area contributed by atoms with Crippen LogP contribution in [0.1, 0.15) is 30.3 Å². The summed E-state index contributed by atoms with van der Waals surface area (Å²) in [6, 6.07) is 5.35. The van der Waals surface area contributed by atoms with Gasteiger partial charge in [-0.25, -0.2) is 0 Å². The second kappa shape index (κ2) is 4.86. The highest BCUT2D eigenvalue weighted by atomic mass is 16.1. The number of fused-ring (bicyclic) bond motifs is 1. The fourth-order valence-corrected chi connectivity index (χ4v) is 1.67. The van der Waals surface area contributed by atoms with Crippen LogP contribution in [0.3, 0.4) is 0 Å². The van der Waals surface area contributed by atoms with Crippen LogP contribution in [0.5, 0.6) is 0 Å². The van der Waals surface area contributed by atoms with Gasteiger partial charge in [-0.3, -0.25) is 9.89 Å². The first kappa shape index (κ1) is 11.4. The highest BCUT2D eigenvalue weighted by molar-refractivity contribution is 6.05. The van der Waals surface area contributed by atoms with E-state index in [4.69, 9.17) is 5.73 Å². The molecular weight excluding hydrogens is 216 g/mol. The lowest BCUT2D eigenvalue weighted by atomic mass is 10.2. The van der Waals surface area contributed by atoms with E-state index in [-0.39, 0.29) is 5.91 Å². The predicted octanol–water partition coefficient (Wildman–Crippen LogP) is 1.67. The third-order valence-electron chi connectivity index (χ3n) is 2.62. The molecule has 0 bridgehead atoms. The summed E-state index contributed by atoms with van der Waals surface area (Å²) >= 11 is 0. The number of carbonyl (C=O) groups excluding carboxylic acids is 1. The van der Waals surface area contributed by atoms with E-state index in [1.807, 2.05) is 6.07 Å². The molecule has 5 heteroatoms. The molecule has 5 nitrogen and oxygen atoms in total. The molecule has 2 aromatic rings. The molecule has 0 atom stereocenters. The summed E-state index contributed by atoms with van der Waals surface area (Å²) in [5, 5.41) is 10.4. The van der Waals surface area contributed by atoms with Crippen LogP contribution in [-0.4, -0.2) is 22.6 Å². The lowest BCUT2D eigenvalue weighted by molar-refractivity contribution is 0.0950. The van der Waals surface area contributed by atoms with Gasteiger partial charge < -0.3 is 11.1 Å². The van der Waals surface area contributed by atoms with Crippen molar-refractivity contribution in [2.24, 2.45) is 0 Å². The topological polar surface area (TPSA) is 83.8 Å². The zero-order valence-corrected chi connectivity index (χ0v) is 9.79. The number of nitrogen functional groups attached to an aromatic ring is 1. The minimum atomic E-state index is -0.157. The maximum atomic E-state index is 11.9. The summed E-state index contributed by atoms with van der Waals surface area (Å²) in [4.78, 5) is 11.9. The predicted molar refractivity (Wildman–Crippen MR) is 67.7 cm³/mol. The van der Waals surface area contributed by atoms with Crippen LogP contribution < -0.4 is 11.1 Å². The number of nitrogens with two attached hydrogens (primary N) is 1. The maximum Gasteiger partial charge on any atom is 0.272 e. The number of H-pyrrole nitrogens is 1. The number of benzene rings is 1. The molecule has 0 radical (unpaired) electrons. The zero-order valence-electron chi connectivity index (χ0n) is 9.79. The van der Waals surface area contributed by atoms with Crippen molar-refractivity contribution in [2.45, 2.75) is 19.8 Å². The van der Waals surface area contributed by atoms with Gasteiger partial charge in [0.15, 0.2) is 5.69 Å². The molecule has 0 saturated heterocycles. The van der Waals surface area contributed by atoms with Gasteiger partial charge in [0.1, 0.15) is 0 Å². The fourth-order valence-electron chi connectivity index (χ4n) is 1.67. The van der Waals surface area contributed by atoms with Gasteiger partial charge in [0.25, 0.3) is 5.91 Å². The molecule has 1 heterocycles. The van der Waals surface area contributed by atoms with Crippen LogP contribution in [0.25, 0.3) is 10.9 Å². The number of aromatic nitrogens is 2. The third-order valence-corrected chi connectivity index (χ3v) is 2.62. The van der Waals surface area contributed by atoms with Crippen molar-refractivity contribution in [3.05, 3.63) is 23.9 Å². The molecule has 1 amide bonds. The van der Waals surface area contributed by atoms with Gasteiger partial charge in [0.05, 0.1) is 5.52 Å². The van der Waals surface area contributed by atoms with Gasteiger partial charge in [-0.15, -0.1) is 0 Å². The average Bonchev–Trinajstić information content (AvgIpc) is 2.72. The largest absolute Gasteiger partial charge is 0.399 e. The second-order valence-electron chi connectivity index (χ2n) is 3.99. The molecule has 0 unspecified atom stereocenters. The first-order valence-electron chi connectivity index (χ1n) is 5.74. The number of hydrogen-bond acceptors (Lipinski definition) is 3. The van der Waals surface area contributed by atoms with E-state index in [0.29, 0.717) is 17.9 Å². The molecule has 0 spiro atoms. The Morgan fingerprint density at radius 2 is 2.35 bits per heavy atom. The monoisotopic (exact) mass is 232 g/mol. The smallest absolute Gasteiger partial charge is 0.272 e. The van der Waals surface area contributed by atoms with Crippen molar-refractivity contribution in [1.82, 2.24) is 15.5 Å². The molecule has 0 saturated carbocycles. The Hall–Kier alpha value is -2.04. The lowest BCUT2D eigenvalue weighted by Crippen LogP contribution is -2.24. The van der Waals surface area contributed by atoms with E-state index in [9.17, 15) is 4.79 Å². The van der Waals surface area contributed by atoms with Crippen LogP contribution in [0.2, 0.25) is 0 Å². The van der Waals surface area contributed by atoms with Crippen LogP contribution in [0.4, 0.5) is 5.69 Å². The quantitative estimate of drug-likeness (QED) is 0.554. The van der Waals surface area contributed by atoms with Crippen LogP contribution in [0, 0.1) is 0 Å². The van der Waals surface area contributed by atoms with Crippen molar-refractivity contribution in [1.29, 1.82) is 0 Å². The SMILES string of the molecule is CCCCNC(=O)c1n[nH]c2ccc(N)cc12. The van der Waals surface area contributed by atoms with Gasteiger partial charge in [-0.05, 0) is 24.6 Å². The summed E-state index contributed by atoms with van der Waals surface area (Å²) in [6.45, 7) is 2.75. The van der Waals surface area contributed by atoms with Crippen LogP contribution in [-0.2, 0) is 0 Å². The lowest BCUT2D eigenvalue weighted by Gasteiger charge is -2.01. The Kier molecular flexibility index (Phi) is 3.27. The molecule has 1 aromatic heterocycles. The second-order valence-corrected chi connectivity index (χ2v) is 3.99. The average molecular weight is 232 g/mol. The summed E-state index contributed by atoms with van der Waals surface area (Å²) in [6.07, 6.45) is 2.02. The van der Waals surface area contributed by atoms with Crippen LogP contribution in [0.15, 0.2) is 18.2 Å². The number of anilines is 1. The summed E-state index contributed by atoms with van der Waals surface area (Å²) < 4.78 is 0. The van der Waals surface area contributed by atoms with E-state index in [1.165, 1.54) is 0 Å². The molecule has 0 aliphatic rings. The van der Waals surface area contributed by atoms with Gasteiger partial charge in [0, 0.05) is 17.6 Å². The Morgan fingerprint density at radius 3 is 3.12 bits per heavy atom. The molecule has 2 rings (SSSR count). The Morgan fingerprint density at radius 1 is 1.53 bits per heavy atom. The zero-order chi connectivity index (χ0) is 12.3. The molecule has 90 valence electrons. The highest BCUT2D eigenvalue weighted by Gasteiger charge is 2.13. The minimum Gasteiger partial charge on any atom is -0.399 e. The Labute approximate surface area is 99.4 Å². The Bertz CT molecular complexity index is 532. The first-order chi connectivity index (χ1) is 8.22. The van der Waals surface area contributed by atoms with Gasteiger partial charge in [-0.1, -0.05) is 13.3 Å². The molecule has 1 aromatic carbocycles. The van der Waals surface area contributed by atoms with Crippen LogP contribution >= 0.6 is 0 Å². The summed E-state index contributed by atoms with van der Waals surface area (Å²) in [7, 11) is 0. The number of hydrogen-bond donors (Lipinski definition) is 3.